The normalized spacial score (nSPS) is 15.0. The summed E-state index contributed by atoms with van der Waals surface area (Å²) >= 11 is 0. The Morgan fingerprint density at radius 1 is 1.14 bits per heavy atom. The maximum Gasteiger partial charge on any atom is 0.252 e. The SMILES string of the molecule is Cc1ccc(-n2nc(C)c3c(C(=O)NCCN4CCOCC4)cc(C)nc32)cc1. The molecule has 4 rings (SSSR count). The number of aryl methyl sites for hydroxylation is 3. The van der Waals surface area contributed by atoms with E-state index in [9.17, 15) is 4.79 Å². The molecule has 1 aliphatic rings. The molecule has 7 nitrogen and oxygen atoms in total. The monoisotopic (exact) mass is 393 g/mol. The van der Waals surface area contributed by atoms with Crippen LogP contribution in [0.4, 0.5) is 0 Å². The number of nitrogens with one attached hydrogen (secondary N) is 1. The van der Waals surface area contributed by atoms with Crippen LogP contribution < -0.4 is 5.32 Å². The Labute approximate surface area is 170 Å². The molecule has 7 heteroatoms. The van der Waals surface area contributed by atoms with Crippen molar-refractivity contribution in [3.8, 4) is 5.69 Å². The fraction of sp³-hybridized carbons (Fsp3) is 0.409. The lowest BCUT2D eigenvalue weighted by molar-refractivity contribution is 0.0383. The predicted octanol–water partition coefficient (Wildman–Crippen LogP) is 2.41. The highest BCUT2D eigenvalue weighted by Crippen LogP contribution is 2.25. The molecule has 0 unspecified atom stereocenters. The van der Waals surface area contributed by atoms with Crippen LogP contribution in [0.1, 0.15) is 27.3 Å². The molecule has 0 saturated carbocycles. The standard InChI is InChI=1S/C22H27N5O2/c1-15-4-6-18(7-5-15)27-21-20(17(3)25-27)19(14-16(2)24-21)22(28)23-8-9-26-10-12-29-13-11-26/h4-7,14H,8-13H2,1-3H3,(H,23,28). The van der Waals surface area contributed by atoms with E-state index < -0.39 is 0 Å². The second-order valence-corrected chi connectivity index (χ2v) is 7.55. The van der Waals surface area contributed by atoms with Gasteiger partial charge in [-0.2, -0.15) is 5.10 Å². The molecule has 0 aliphatic carbocycles. The summed E-state index contributed by atoms with van der Waals surface area (Å²) in [5.74, 6) is -0.0830. The topological polar surface area (TPSA) is 72.3 Å². The van der Waals surface area contributed by atoms with E-state index in [1.165, 1.54) is 5.56 Å². The number of ether oxygens (including phenoxy) is 1. The molecule has 0 radical (unpaired) electrons. The largest absolute Gasteiger partial charge is 0.379 e. The highest BCUT2D eigenvalue weighted by molar-refractivity contribution is 6.06. The Morgan fingerprint density at radius 3 is 2.59 bits per heavy atom. The smallest absolute Gasteiger partial charge is 0.252 e. The van der Waals surface area contributed by atoms with Gasteiger partial charge in [-0.3, -0.25) is 9.69 Å². The fourth-order valence-corrected chi connectivity index (χ4v) is 3.71. The van der Waals surface area contributed by atoms with E-state index in [4.69, 9.17) is 9.72 Å². The molecule has 152 valence electrons. The van der Waals surface area contributed by atoms with Crippen LogP contribution in [0.5, 0.6) is 0 Å². The first-order chi connectivity index (χ1) is 14.0. The number of nitrogens with zero attached hydrogens (tertiary/aromatic N) is 4. The van der Waals surface area contributed by atoms with E-state index in [1.54, 1.807) is 0 Å². The highest BCUT2D eigenvalue weighted by Gasteiger charge is 2.20. The van der Waals surface area contributed by atoms with Gasteiger partial charge in [0.05, 0.1) is 35.5 Å². The number of amides is 1. The third kappa shape index (κ3) is 4.16. The van der Waals surface area contributed by atoms with E-state index in [0.29, 0.717) is 17.8 Å². The van der Waals surface area contributed by atoms with Crippen LogP contribution in [0.25, 0.3) is 16.7 Å². The molecule has 3 aromatic rings. The van der Waals surface area contributed by atoms with Gasteiger partial charge < -0.3 is 10.1 Å². The lowest BCUT2D eigenvalue weighted by Crippen LogP contribution is -2.41. The van der Waals surface area contributed by atoms with Crippen LogP contribution in [-0.2, 0) is 4.74 Å². The molecule has 1 amide bonds. The van der Waals surface area contributed by atoms with Gasteiger partial charge in [-0.05, 0) is 39.0 Å². The van der Waals surface area contributed by atoms with Crippen LogP contribution >= 0.6 is 0 Å². The van der Waals surface area contributed by atoms with E-state index in [-0.39, 0.29) is 5.91 Å². The van der Waals surface area contributed by atoms with Gasteiger partial charge >= 0.3 is 0 Å². The maximum absolute atomic E-state index is 13.0. The summed E-state index contributed by atoms with van der Waals surface area (Å²) in [5, 5.41) is 8.55. The average Bonchev–Trinajstić information content (AvgIpc) is 3.05. The lowest BCUT2D eigenvalue weighted by Gasteiger charge is -2.26. The molecule has 1 aromatic carbocycles. The number of fused-ring (bicyclic) bond motifs is 1. The Balaban J connectivity index is 1.60. The van der Waals surface area contributed by atoms with E-state index in [1.807, 2.05) is 48.9 Å². The number of hydrogen-bond acceptors (Lipinski definition) is 5. The summed E-state index contributed by atoms with van der Waals surface area (Å²) in [6.07, 6.45) is 0. The second-order valence-electron chi connectivity index (χ2n) is 7.55. The number of aromatic nitrogens is 3. The van der Waals surface area contributed by atoms with Crippen molar-refractivity contribution in [3.63, 3.8) is 0 Å². The van der Waals surface area contributed by atoms with Crippen molar-refractivity contribution in [2.45, 2.75) is 20.8 Å². The third-order valence-corrected chi connectivity index (χ3v) is 5.28. The zero-order valence-corrected chi connectivity index (χ0v) is 17.2. The van der Waals surface area contributed by atoms with Crippen molar-refractivity contribution < 1.29 is 9.53 Å². The highest BCUT2D eigenvalue weighted by atomic mass is 16.5. The molecule has 0 spiro atoms. The lowest BCUT2D eigenvalue weighted by atomic mass is 10.1. The molecule has 0 atom stereocenters. The van der Waals surface area contributed by atoms with Crippen LogP contribution in [0.2, 0.25) is 0 Å². The Kier molecular flexibility index (Phi) is 5.60. The summed E-state index contributed by atoms with van der Waals surface area (Å²) < 4.78 is 7.19. The van der Waals surface area contributed by atoms with Gasteiger partial charge in [0.2, 0.25) is 0 Å². The van der Waals surface area contributed by atoms with Gasteiger partial charge in [0.1, 0.15) is 0 Å². The molecule has 29 heavy (non-hydrogen) atoms. The van der Waals surface area contributed by atoms with Gasteiger partial charge in [0, 0.05) is 31.9 Å². The molecule has 1 N–H and O–H groups in total. The predicted molar refractivity (Wildman–Crippen MR) is 113 cm³/mol. The zero-order chi connectivity index (χ0) is 20.4. The van der Waals surface area contributed by atoms with Crippen LogP contribution in [0.3, 0.4) is 0 Å². The molecule has 2 aromatic heterocycles. The minimum absolute atomic E-state index is 0.0830. The van der Waals surface area contributed by atoms with Gasteiger partial charge in [-0.15, -0.1) is 0 Å². The van der Waals surface area contributed by atoms with Crippen LogP contribution in [0, 0.1) is 20.8 Å². The minimum atomic E-state index is -0.0830. The number of carbonyl (C=O) groups excluding carboxylic acids is 1. The first kappa shape index (κ1) is 19.5. The fourth-order valence-electron chi connectivity index (χ4n) is 3.71. The van der Waals surface area contributed by atoms with E-state index in [2.05, 4.69) is 22.2 Å². The van der Waals surface area contributed by atoms with Crippen molar-refractivity contribution in [2.75, 3.05) is 39.4 Å². The summed E-state index contributed by atoms with van der Waals surface area (Å²) in [7, 11) is 0. The van der Waals surface area contributed by atoms with Gasteiger partial charge in [0.25, 0.3) is 5.91 Å². The van der Waals surface area contributed by atoms with Crippen LogP contribution in [0.15, 0.2) is 30.3 Å². The number of hydrogen-bond donors (Lipinski definition) is 1. The summed E-state index contributed by atoms with van der Waals surface area (Å²) in [6, 6.07) is 9.99. The van der Waals surface area contributed by atoms with E-state index in [0.717, 1.165) is 55.3 Å². The summed E-state index contributed by atoms with van der Waals surface area (Å²) in [4.78, 5) is 20.0. The summed E-state index contributed by atoms with van der Waals surface area (Å²) in [6.45, 7) is 10.7. The molecular formula is C22H27N5O2. The number of carbonyl (C=O) groups is 1. The van der Waals surface area contributed by atoms with Gasteiger partial charge in [0.15, 0.2) is 5.65 Å². The van der Waals surface area contributed by atoms with Gasteiger partial charge in [-0.1, -0.05) is 17.7 Å². The molecule has 3 heterocycles. The number of pyridine rings is 1. The minimum Gasteiger partial charge on any atom is -0.379 e. The molecular weight excluding hydrogens is 366 g/mol. The quantitative estimate of drug-likeness (QED) is 0.721. The van der Waals surface area contributed by atoms with Crippen molar-refractivity contribution in [2.24, 2.45) is 0 Å². The van der Waals surface area contributed by atoms with Crippen molar-refractivity contribution in [1.29, 1.82) is 0 Å². The van der Waals surface area contributed by atoms with Gasteiger partial charge in [-0.25, -0.2) is 9.67 Å². The second kappa shape index (κ2) is 8.31. The van der Waals surface area contributed by atoms with Crippen LogP contribution in [-0.4, -0.2) is 65.0 Å². The maximum atomic E-state index is 13.0. The van der Waals surface area contributed by atoms with E-state index >= 15 is 0 Å². The Morgan fingerprint density at radius 2 is 1.86 bits per heavy atom. The third-order valence-electron chi connectivity index (χ3n) is 5.28. The Bertz CT molecular complexity index is 1020. The van der Waals surface area contributed by atoms with Crippen molar-refractivity contribution >= 4 is 16.9 Å². The molecule has 1 saturated heterocycles. The summed E-state index contributed by atoms with van der Waals surface area (Å²) in [5.41, 5.74) is 5.06. The number of morpholine rings is 1. The number of benzene rings is 1. The molecule has 0 bridgehead atoms. The zero-order valence-electron chi connectivity index (χ0n) is 17.2. The Hall–Kier alpha value is -2.77. The number of rotatable bonds is 5. The average molecular weight is 393 g/mol. The van der Waals surface area contributed by atoms with Crippen molar-refractivity contribution in [1.82, 2.24) is 25.0 Å². The first-order valence-electron chi connectivity index (χ1n) is 10.1. The first-order valence-corrected chi connectivity index (χ1v) is 10.1. The molecule has 1 aliphatic heterocycles. The molecule has 1 fully saturated rings. The van der Waals surface area contributed by atoms with Crippen molar-refractivity contribution in [3.05, 3.63) is 52.8 Å².